The highest BCUT2D eigenvalue weighted by molar-refractivity contribution is 7.45. The second-order valence-electron chi connectivity index (χ2n) is 16.5. The van der Waals surface area contributed by atoms with E-state index >= 15 is 0 Å². The van der Waals surface area contributed by atoms with Gasteiger partial charge in [-0.1, -0.05) is 150 Å². The van der Waals surface area contributed by atoms with Crippen LogP contribution in [0.4, 0.5) is 0 Å². The quantitative estimate of drug-likeness (QED) is 0.0152. The zero-order valence-corrected chi connectivity index (χ0v) is 39.9. The second kappa shape index (κ2) is 40.6. The van der Waals surface area contributed by atoms with Crippen LogP contribution in [0.25, 0.3) is 0 Å². The van der Waals surface area contributed by atoms with Crippen LogP contribution in [-0.2, 0) is 32.7 Å². The molecular weight excluding hydrogens is 806 g/mol. The molecule has 0 bridgehead atoms. The predicted octanol–water partition coefficient (Wildman–Crippen LogP) is 10.7. The van der Waals surface area contributed by atoms with Crippen LogP contribution in [0.5, 0.6) is 0 Å². The number of hydrogen-bond acceptors (Lipinski definition) is 10. The van der Waals surface area contributed by atoms with Gasteiger partial charge >= 0.3 is 11.9 Å². The van der Waals surface area contributed by atoms with E-state index in [0.29, 0.717) is 36.7 Å². The Morgan fingerprint density at radius 1 is 0.597 bits per heavy atom. The molecule has 2 N–H and O–H groups in total. The smallest absolute Gasteiger partial charge is 0.306 e. The molecular formula is C50H84NO10P. The fourth-order valence-electron chi connectivity index (χ4n) is 5.56. The van der Waals surface area contributed by atoms with E-state index in [1.165, 1.54) is 25.7 Å². The predicted molar refractivity (Wildman–Crippen MR) is 252 cm³/mol. The summed E-state index contributed by atoms with van der Waals surface area (Å²) < 4.78 is 33.7. The monoisotopic (exact) mass is 890 g/mol. The number of ether oxygens (including phenoxy) is 2. The molecule has 354 valence electrons. The van der Waals surface area contributed by atoms with Crippen molar-refractivity contribution in [1.29, 1.82) is 0 Å². The maximum Gasteiger partial charge on any atom is 0.306 e. The van der Waals surface area contributed by atoms with E-state index in [0.717, 1.165) is 64.2 Å². The van der Waals surface area contributed by atoms with Gasteiger partial charge in [0.25, 0.3) is 7.82 Å². The van der Waals surface area contributed by atoms with Crippen molar-refractivity contribution in [2.45, 2.75) is 161 Å². The van der Waals surface area contributed by atoms with Gasteiger partial charge in [-0.05, 0) is 77.0 Å². The summed E-state index contributed by atoms with van der Waals surface area (Å²) in [6.45, 7) is 3.77. The van der Waals surface area contributed by atoms with Crippen molar-refractivity contribution in [3.63, 3.8) is 0 Å². The number of likely N-dealkylation sites (N-methyl/N-ethyl adjacent to an activating group) is 1. The van der Waals surface area contributed by atoms with Crippen molar-refractivity contribution in [3.05, 3.63) is 97.2 Å². The fraction of sp³-hybridized carbons (Fsp3) is 0.640. The molecule has 0 heterocycles. The molecule has 0 saturated carbocycles. The van der Waals surface area contributed by atoms with Gasteiger partial charge in [-0.3, -0.25) is 14.2 Å². The van der Waals surface area contributed by atoms with Gasteiger partial charge < -0.3 is 38.1 Å². The summed E-state index contributed by atoms with van der Waals surface area (Å²) in [5, 5.41) is 20.2. The number of nitrogens with zero attached hydrogens (tertiary/aromatic N) is 1. The first-order valence-corrected chi connectivity index (χ1v) is 24.6. The number of phosphoric ester groups is 1. The number of esters is 2. The van der Waals surface area contributed by atoms with Gasteiger partial charge in [0, 0.05) is 12.8 Å². The molecule has 0 aliphatic heterocycles. The number of unbranched alkanes of at least 4 members (excludes halogenated alkanes) is 8. The van der Waals surface area contributed by atoms with E-state index < -0.39 is 44.7 Å². The third-order valence-corrected chi connectivity index (χ3v) is 10.2. The largest absolute Gasteiger partial charge is 0.756 e. The van der Waals surface area contributed by atoms with Crippen LogP contribution in [0.1, 0.15) is 142 Å². The summed E-state index contributed by atoms with van der Waals surface area (Å²) in [5.74, 6) is -1.11. The molecule has 0 rings (SSSR count). The highest BCUT2D eigenvalue weighted by atomic mass is 31.2. The van der Waals surface area contributed by atoms with Crippen LogP contribution < -0.4 is 4.89 Å². The van der Waals surface area contributed by atoms with Crippen LogP contribution in [-0.4, -0.2) is 92.5 Å². The molecule has 11 nitrogen and oxygen atoms in total. The SMILES string of the molecule is CCCCC/C=C\C/C=C\C/C=C\C/C=C\CCCCCC(=O)OC[C@H](COP(=O)([O-])OCC[N+](C)(C)C)OC(=O)CCC[C@H](O)/C=C/C=C\C/C=C\C=C\[C@H](O)CCCCC. The molecule has 12 heteroatoms. The third kappa shape index (κ3) is 43.5. The summed E-state index contributed by atoms with van der Waals surface area (Å²) in [5.41, 5.74) is 0. The summed E-state index contributed by atoms with van der Waals surface area (Å²) in [7, 11) is 0.983. The minimum absolute atomic E-state index is 0.0364. The molecule has 4 atom stereocenters. The van der Waals surface area contributed by atoms with Gasteiger partial charge in [0.2, 0.25) is 0 Å². The maximum atomic E-state index is 12.7. The summed E-state index contributed by atoms with van der Waals surface area (Å²) >= 11 is 0. The lowest BCUT2D eigenvalue weighted by Gasteiger charge is -2.28. The molecule has 0 aromatic heterocycles. The molecule has 0 aliphatic rings. The standard InChI is InChI=1S/C50H84NO10P/c1-6-8-10-11-12-13-14-15-16-17-18-19-20-21-22-23-27-30-34-40-49(54)58-44-48(45-60-62(56,57)59-43-42-51(3,4)5)61-50(55)41-35-39-47(53)38-33-29-26-24-25-28-32-37-46(52)36-31-9-7-2/h12-13,15-16,18-19,21-22,25-26,28-29,32-33,37-38,46-48,52-53H,6-11,14,17,20,23-24,27,30-31,34-36,39-45H2,1-5H3/b13-12-,16-15-,19-18-,22-21-,28-25-,29-26-,37-32+,38-33+/t46-,47-,48-/m1/s1. The Bertz CT molecular complexity index is 1410. The summed E-state index contributed by atoms with van der Waals surface area (Å²) in [4.78, 5) is 37.6. The second-order valence-corrected chi connectivity index (χ2v) is 17.9. The highest BCUT2D eigenvalue weighted by Crippen LogP contribution is 2.38. The van der Waals surface area contributed by atoms with Crippen LogP contribution in [0.3, 0.4) is 0 Å². The number of carbonyl (C=O) groups is 2. The van der Waals surface area contributed by atoms with Gasteiger partial charge in [0.1, 0.15) is 19.8 Å². The number of aliphatic hydroxyl groups excluding tert-OH is 2. The number of aliphatic hydroxyl groups is 2. The molecule has 0 spiro atoms. The first-order valence-electron chi connectivity index (χ1n) is 23.2. The zero-order valence-electron chi connectivity index (χ0n) is 39.0. The van der Waals surface area contributed by atoms with Gasteiger partial charge in [0.15, 0.2) is 6.10 Å². The lowest BCUT2D eigenvalue weighted by atomic mass is 10.1. The van der Waals surface area contributed by atoms with E-state index in [-0.39, 0.29) is 26.1 Å². The molecule has 0 radical (unpaired) electrons. The lowest BCUT2D eigenvalue weighted by molar-refractivity contribution is -0.870. The van der Waals surface area contributed by atoms with Crippen molar-refractivity contribution in [3.8, 4) is 0 Å². The Labute approximate surface area is 376 Å². The van der Waals surface area contributed by atoms with Crippen LogP contribution >= 0.6 is 7.82 Å². The first kappa shape index (κ1) is 58.9. The maximum absolute atomic E-state index is 12.7. The Morgan fingerprint density at radius 3 is 1.66 bits per heavy atom. The van der Waals surface area contributed by atoms with Crippen molar-refractivity contribution in [2.24, 2.45) is 0 Å². The third-order valence-electron chi connectivity index (χ3n) is 9.28. The minimum Gasteiger partial charge on any atom is -0.756 e. The van der Waals surface area contributed by atoms with Crippen molar-refractivity contribution < 1.29 is 52.3 Å². The van der Waals surface area contributed by atoms with Gasteiger partial charge in [0.05, 0.1) is 40.0 Å². The molecule has 0 saturated heterocycles. The summed E-state index contributed by atoms with van der Waals surface area (Å²) in [6.07, 6.45) is 46.5. The lowest BCUT2D eigenvalue weighted by Crippen LogP contribution is -2.37. The molecule has 0 aromatic carbocycles. The summed E-state index contributed by atoms with van der Waals surface area (Å²) in [6, 6.07) is 0. The molecule has 0 amide bonds. The average molecular weight is 890 g/mol. The minimum atomic E-state index is -4.71. The van der Waals surface area contributed by atoms with E-state index in [9.17, 15) is 29.3 Å². The van der Waals surface area contributed by atoms with Crippen LogP contribution in [0.15, 0.2) is 97.2 Å². The molecule has 1 unspecified atom stereocenters. The number of carbonyl (C=O) groups excluding carboxylic acids is 2. The zero-order chi connectivity index (χ0) is 46.0. The van der Waals surface area contributed by atoms with E-state index in [1.807, 2.05) is 51.5 Å². The normalized spacial score (nSPS) is 15.4. The number of phosphoric acid groups is 1. The van der Waals surface area contributed by atoms with Gasteiger partial charge in [-0.2, -0.15) is 0 Å². The average Bonchev–Trinajstić information content (AvgIpc) is 3.21. The Hall–Kier alpha value is -3.15. The van der Waals surface area contributed by atoms with Crippen molar-refractivity contribution >= 4 is 19.8 Å². The molecule has 0 aromatic rings. The Balaban J connectivity index is 4.64. The van der Waals surface area contributed by atoms with Gasteiger partial charge in [-0.25, -0.2) is 0 Å². The molecule has 62 heavy (non-hydrogen) atoms. The Morgan fingerprint density at radius 2 is 1.10 bits per heavy atom. The number of hydrogen-bond donors (Lipinski definition) is 2. The van der Waals surface area contributed by atoms with Crippen LogP contribution in [0, 0.1) is 0 Å². The number of quaternary nitrogens is 1. The molecule has 0 fully saturated rings. The van der Waals surface area contributed by atoms with Crippen LogP contribution in [0.2, 0.25) is 0 Å². The van der Waals surface area contributed by atoms with Gasteiger partial charge in [-0.15, -0.1) is 0 Å². The van der Waals surface area contributed by atoms with E-state index in [2.05, 4.69) is 62.5 Å². The number of rotatable bonds is 40. The topological polar surface area (TPSA) is 152 Å². The highest BCUT2D eigenvalue weighted by Gasteiger charge is 2.22. The van der Waals surface area contributed by atoms with Crippen molar-refractivity contribution in [2.75, 3.05) is 47.5 Å². The van der Waals surface area contributed by atoms with E-state index in [4.69, 9.17) is 18.5 Å². The molecule has 0 aliphatic carbocycles. The number of allylic oxidation sites excluding steroid dienone is 14. The van der Waals surface area contributed by atoms with E-state index in [1.54, 1.807) is 18.2 Å². The fourth-order valence-corrected chi connectivity index (χ4v) is 6.28. The first-order chi connectivity index (χ1) is 29.8. The Kier molecular flexibility index (Phi) is 38.5. The van der Waals surface area contributed by atoms with Crippen molar-refractivity contribution in [1.82, 2.24) is 0 Å².